The predicted octanol–water partition coefficient (Wildman–Crippen LogP) is 2.88. The average molecular weight is 268 g/mol. The van der Waals surface area contributed by atoms with E-state index in [9.17, 15) is 0 Å². The molecule has 3 fully saturated rings. The molecule has 104 valence electrons. The quantitative estimate of drug-likeness (QED) is 0.847. The van der Waals surface area contributed by atoms with Crippen LogP contribution < -0.4 is 5.32 Å². The summed E-state index contributed by atoms with van der Waals surface area (Å²) in [5, 5.41) is 4.90. The lowest BCUT2D eigenvalue weighted by molar-refractivity contribution is 0.139. The van der Waals surface area contributed by atoms with Crippen LogP contribution in [-0.4, -0.2) is 47.6 Å². The monoisotopic (exact) mass is 268 g/mol. The van der Waals surface area contributed by atoms with E-state index in [2.05, 4.69) is 35.3 Å². The first-order chi connectivity index (χ1) is 8.78. The molecular formula is C15H28N2S. The third kappa shape index (κ3) is 2.59. The first kappa shape index (κ1) is 13.3. The molecule has 3 heteroatoms. The molecule has 0 amide bonds. The zero-order valence-corrected chi connectivity index (χ0v) is 12.7. The molecule has 4 unspecified atom stereocenters. The molecule has 1 saturated carbocycles. The van der Waals surface area contributed by atoms with Crippen LogP contribution in [0.25, 0.3) is 0 Å². The van der Waals surface area contributed by atoms with Crippen LogP contribution in [-0.2, 0) is 0 Å². The Morgan fingerprint density at radius 3 is 2.33 bits per heavy atom. The minimum atomic E-state index is 0.793. The van der Waals surface area contributed by atoms with Gasteiger partial charge >= 0.3 is 0 Å². The Kier molecular flexibility index (Phi) is 4.21. The van der Waals surface area contributed by atoms with Crippen molar-refractivity contribution in [1.82, 2.24) is 10.2 Å². The van der Waals surface area contributed by atoms with Crippen LogP contribution >= 0.6 is 11.8 Å². The first-order valence-corrected chi connectivity index (χ1v) is 9.07. The van der Waals surface area contributed by atoms with Crippen LogP contribution in [0.1, 0.15) is 51.4 Å². The fourth-order valence-electron chi connectivity index (χ4n) is 4.42. The molecule has 3 rings (SSSR count). The Labute approximate surface area is 116 Å². The number of nitrogens with zero attached hydrogens (tertiary/aromatic N) is 1. The molecule has 0 aromatic heterocycles. The Balaban J connectivity index is 1.56. The topological polar surface area (TPSA) is 15.3 Å². The van der Waals surface area contributed by atoms with Crippen molar-refractivity contribution in [2.75, 3.05) is 13.3 Å². The van der Waals surface area contributed by atoms with Gasteiger partial charge in [-0.25, -0.2) is 0 Å². The number of fused-ring (bicyclic) bond motifs is 2. The lowest BCUT2D eigenvalue weighted by Crippen LogP contribution is -2.52. The molecule has 2 heterocycles. The van der Waals surface area contributed by atoms with E-state index in [4.69, 9.17) is 0 Å². The molecule has 3 aliphatic rings. The normalized spacial score (nSPS) is 45.3. The Morgan fingerprint density at radius 2 is 1.67 bits per heavy atom. The Morgan fingerprint density at radius 1 is 1.00 bits per heavy atom. The summed E-state index contributed by atoms with van der Waals surface area (Å²) in [6, 6.07) is 3.34. The number of hydrogen-bond donors (Lipinski definition) is 1. The van der Waals surface area contributed by atoms with Crippen LogP contribution in [0.4, 0.5) is 0 Å². The summed E-state index contributed by atoms with van der Waals surface area (Å²) in [6.45, 7) is 0. The lowest BCUT2D eigenvalue weighted by Gasteiger charge is -2.40. The molecule has 18 heavy (non-hydrogen) atoms. The van der Waals surface area contributed by atoms with E-state index < -0.39 is 0 Å². The van der Waals surface area contributed by atoms with Crippen molar-refractivity contribution in [3.63, 3.8) is 0 Å². The van der Waals surface area contributed by atoms with E-state index in [0.29, 0.717) is 0 Å². The number of nitrogens with one attached hydrogen (secondary N) is 1. The van der Waals surface area contributed by atoms with Gasteiger partial charge in [0.15, 0.2) is 0 Å². The van der Waals surface area contributed by atoms with Crippen molar-refractivity contribution in [2.24, 2.45) is 0 Å². The summed E-state index contributed by atoms with van der Waals surface area (Å²) < 4.78 is 0. The van der Waals surface area contributed by atoms with Gasteiger partial charge in [0.1, 0.15) is 0 Å². The minimum absolute atomic E-state index is 0.793. The number of rotatable bonds is 3. The van der Waals surface area contributed by atoms with Gasteiger partial charge in [0.2, 0.25) is 0 Å². The first-order valence-electron chi connectivity index (χ1n) is 7.78. The molecule has 2 nitrogen and oxygen atoms in total. The largest absolute Gasteiger partial charge is 0.310 e. The maximum Gasteiger partial charge on any atom is 0.0198 e. The van der Waals surface area contributed by atoms with Gasteiger partial charge in [-0.3, -0.25) is 0 Å². The van der Waals surface area contributed by atoms with E-state index in [-0.39, 0.29) is 0 Å². The second kappa shape index (κ2) is 5.72. The van der Waals surface area contributed by atoms with Gasteiger partial charge in [0.05, 0.1) is 0 Å². The predicted molar refractivity (Wildman–Crippen MR) is 80.3 cm³/mol. The second-order valence-corrected chi connectivity index (χ2v) is 7.63. The fourth-order valence-corrected chi connectivity index (χ4v) is 5.37. The third-order valence-corrected chi connectivity index (χ3v) is 6.72. The number of thioether (sulfide) groups is 1. The molecule has 1 aliphatic carbocycles. The van der Waals surface area contributed by atoms with Crippen molar-refractivity contribution in [1.29, 1.82) is 0 Å². The van der Waals surface area contributed by atoms with E-state index in [1.807, 2.05) is 0 Å². The standard InChI is InChI=1S/C15H28N2S/c1-17-12-7-8-13(17)10-11(9-12)16-14-5-3-4-6-15(14)18-2/h11-16H,3-10H2,1-2H3. The van der Waals surface area contributed by atoms with Gasteiger partial charge in [-0.15, -0.1) is 0 Å². The van der Waals surface area contributed by atoms with Crippen LogP contribution in [0, 0.1) is 0 Å². The number of hydrogen-bond acceptors (Lipinski definition) is 3. The average Bonchev–Trinajstić information content (AvgIpc) is 2.63. The summed E-state index contributed by atoms with van der Waals surface area (Å²) in [6.07, 6.45) is 13.7. The zero-order valence-electron chi connectivity index (χ0n) is 11.9. The summed E-state index contributed by atoms with van der Waals surface area (Å²) in [4.78, 5) is 2.64. The Hall–Kier alpha value is 0.270. The van der Waals surface area contributed by atoms with Crippen LogP contribution in [0.15, 0.2) is 0 Å². The lowest BCUT2D eigenvalue weighted by atomic mass is 9.91. The van der Waals surface area contributed by atoms with Gasteiger partial charge in [-0.05, 0) is 51.8 Å². The van der Waals surface area contributed by atoms with E-state index in [0.717, 1.165) is 29.4 Å². The molecule has 2 bridgehead atoms. The van der Waals surface area contributed by atoms with Gasteiger partial charge < -0.3 is 10.2 Å². The van der Waals surface area contributed by atoms with Gasteiger partial charge in [-0.2, -0.15) is 11.8 Å². The van der Waals surface area contributed by atoms with E-state index in [1.54, 1.807) is 0 Å². The van der Waals surface area contributed by atoms with Gasteiger partial charge in [-0.1, -0.05) is 12.8 Å². The SMILES string of the molecule is CSC1CCCCC1NC1CC2CCC(C1)N2C. The summed E-state index contributed by atoms with van der Waals surface area (Å²) in [5.74, 6) is 0. The minimum Gasteiger partial charge on any atom is -0.310 e. The smallest absolute Gasteiger partial charge is 0.0198 e. The molecule has 0 spiro atoms. The van der Waals surface area contributed by atoms with Crippen molar-refractivity contribution < 1.29 is 0 Å². The molecule has 2 aliphatic heterocycles. The van der Waals surface area contributed by atoms with Gasteiger partial charge in [0, 0.05) is 29.4 Å². The zero-order chi connectivity index (χ0) is 12.5. The third-order valence-electron chi connectivity index (χ3n) is 5.55. The molecule has 4 atom stereocenters. The molecule has 2 saturated heterocycles. The highest BCUT2D eigenvalue weighted by molar-refractivity contribution is 7.99. The highest BCUT2D eigenvalue weighted by atomic mass is 32.2. The molecular weight excluding hydrogens is 240 g/mol. The summed E-state index contributed by atoms with van der Waals surface area (Å²) >= 11 is 2.09. The van der Waals surface area contributed by atoms with Gasteiger partial charge in [0.25, 0.3) is 0 Å². The molecule has 1 N–H and O–H groups in total. The summed E-state index contributed by atoms with van der Waals surface area (Å²) in [5.41, 5.74) is 0. The van der Waals surface area contributed by atoms with Crippen molar-refractivity contribution >= 4 is 11.8 Å². The maximum absolute atomic E-state index is 4.03. The maximum atomic E-state index is 4.03. The Bertz CT molecular complexity index is 270. The van der Waals surface area contributed by atoms with E-state index >= 15 is 0 Å². The van der Waals surface area contributed by atoms with Crippen molar-refractivity contribution in [3.05, 3.63) is 0 Å². The second-order valence-electron chi connectivity index (χ2n) is 6.55. The summed E-state index contributed by atoms with van der Waals surface area (Å²) in [7, 11) is 2.34. The molecule has 0 aromatic rings. The van der Waals surface area contributed by atoms with Crippen LogP contribution in [0.5, 0.6) is 0 Å². The fraction of sp³-hybridized carbons (Fsp3) is 1.00. The molecule has 0 radical (unpaired) electrons. The van der Waals surface area contributed by atoms with Crippen LogP contribution in [0.3, 0.4) is 0 Å². The highest BCUT2D eigenvalue weighted by Crippen LogP contribution is 2.35. The van der Waals surface area contributed by atoms with Crippen LogP contribution in [0.2, 0.25) is 0 Å². The van der Waals surface area contributed by atoms with Crippen molar-refractivity contribution in [3.8, 4) is 0 Å². The van der Waals surface area contributed by atoms with Crippen molar-refractivity contribution in [2.45, 2.75) is 80.8 Å². The molecule has 0 aromatic carbocycles. The van der Waals surface area contributed by atoms with E-state index in [1.165, 1.54) is 51.4 Å². The number of piperidine rings is 1. The highest BCUT2D eigenvalue weighted by Gasteiger charge is 2.39.